The number of hydrogen-bond acceptors (Lipinski definition) is 1. The summed E-state index contributed by atoms with van der Waals surface area (Å²) in [6.07, 6.45) is -4.98. The monoisotopic (exact) mass is 304 g/mol. The highest BCUT2D eigenvalue weighted by atomic mass is 19.4. The van der Waals surface area contributed by atoms with E-state index >= 15 is 0 Å². The lowest BCUT2D eigenvalue weighted by molar-refractivity contribution is -0.140. The summed E-state index contributed by atoms with van der Waals surface area (Å²) < 4.78 is 76.9. The Morgan fingerprint density at radius 3 is 2.10 bits per heavy atom. The molecule has 110 valence electrons. The van der Waals surface area contributed by atoms with Crippen molar-refractivity contribution in [3.05, 3.63) is 70.5 Å². The van der Waals surface area contributed by atoms with Crippen molar-refractivity contribution in [3.8, 4) is 0 Å². The molecule has 0 aromatic heterocycles. The van der Waals surface area contributed by atoms with Crippen LogP contribution in [0.15, 0.2) is 36.4 Å². The lowest BCUT2D eigenvalue weighted by atomic mass is 10.0. The topological polar surface area (TPSA) is 17.1 Å². The van der Waals surface area contributed by atoms with Crippen molar-refractivity contribution < 1.29 is 31.1 Å². The molecule has 0 radical (unpaired) electrons. The number of halogens is 6. The second-order valence-corrected chi connectivity index (χ2v) is 4.15. The predicted octanol–water partition coefficient (Wildman–Crippen LogP) is 4.35. The average Bonchev–Trinajstić information content (AvgIpc) is 2.37. The largest absolute Gasteiger partial charge is 0.419 e. The molecule has 2 aromatic rings. The molecule has 0 heterocycles. The molecule has 0 saturated heterocycles. The minimum absolute atomic E-state index is 0.292. The van der Waals surface area contributed by atoms with Crippen molar-refractivity contribution >= 4 is 5.78 Å². The lowest BCUT2D eigenvalue weighted by Crippen LogP contribution is -2.11. The Morgan fingerprint density at radius 1 is 0.857 bits per heavy atom. The first kappa shape index (κ1) is 15.1. The van der Waals surface area contributed by atoms with Gasteiger partial charge in [-0.3, -0.25) is 4.79 Å². The standard InChI is InChI=1S/C14H6F6O/c15-8-2-3-9(12(17)6-8)13(21)7-1-4-11(16)10(5-7)14(18,19)20/h1-6H. The van der Waals surface area contributed by atoms with Gasteiger partial charge in [0.1, 0.15) is 17.5 Å². The van der Waals surface area contributed by atoms with Gasteiger partial charge in [-0.25, -0.2) is 13.2 Å². The fourth-order valence-corrected chi connectivity index (χ4v) is 1.71. The van der Waals surface area contributed by atoms with Gasteiger partial charge in [-0.15, -0.1) is 0 Å². The van der Waals surface area contributed by atoms with Crippen LogP contribution in [0, 0.1) is 17.5 Å². The number of rotatable bonds is 2. The highest BCUT2D eigenvalue weighted by Gasteiger charge is 2.34. The molecule has 0 aliphatic rings. The summed E-state index contributed by atoms with van der Waals surface area (Å²) in [6.45, 7) is 0. The average molecular weight is 304 g/mol. The van der Waals surface area contributed by atoms with Crippen LogP contribution in [0.5, 0.6) is 0 Å². The van der Waals surface area contributed by atoms with Crippen molar-refractivity contribution in [2.45, 2.75) is 6.18 Å². The number of hydrogen-bond donors (Lipinski definition) is 0. The number of carbonyl (C=O) groups excluding carboxylic acids is 1. The molecule has 0 amide bonds. The smallest absolute Gasteiger partial charge is 0.288 e. The summed E-state index contributed by atoms with van der Waals surface area (Å²) in [4.78, 5) is 11.9. The Morgan fingerprint density at radius 2 is 1.52 bits per heavy atom. The first-order chi connectivity index (χ1) is 9.70. The van der Waals surface area contributed by atoms with Crippen molar-refractivity contribution in [1.82, 2.24) is 0 Å². The zero-order valence-corrected chi connectivity index (χ0v) is 10.1. The Balaban J connectivity index is 2.49. The summed E-state index contributed by atoms with van der Waals surface area (Å²) in [6, 6.07) is 3.60. The fraction of sp³-hybridized carbons (Fsp3) is 0.0714. The van der Waals surface area contributed by atoms with E-state index in [2.05, 4.69) is 0 Å². The zero-order valence-electron chi connectivity index (χ0n) is 10.1. The van der Waals surface area contributed by atoms with Crippen LogP contribution >= 0.6 is 0 Å². The van der Waals surface area contributed by atoms with Crippen molar-refractivity contribution in [1.29, 1.82) is 0 Å². The van der Waals surface area contributed by atoms with Gasteiger partial charge >= 0.3 is 6.18 Å². The van der Waals surface area contributed by atoms with E-state index in [9.17, 15) is 31.1 Å². The predicted molar refractivity (Wildman–Crippen MR) is 61.2 cm³/mol. The van der Waals surface area contributed by atoms with E-state index in [0.717, 1.165) is 18.2 Å². The number of benzene rings is 2. The van der Waals surface area contributed by atoms with Crippen molar-refractivity contribution in [3.63, 3.8) is 0 Å². The summed E-state index contributed by atoms with van der Waals surface area (Å²) in [5.74, 6) is -4.78. The summed E-state index contributed by atoms with van der Waals surface area (Å²) in [7, 11) is 0. The molecule has 21 heavy (non-hydrogen) atoms. The summed E-state index contributed by atoms with van der Waals surface area (Å²) in [5, 5.41) is 0. The molecule has 0 unspecified atom stereocenters. The molecule has 1 nitrogen and oxygen atoms in total. The molecule has 2 rings (SSSR count). The van der Waals surface area contributed by atoms with Crippen LogP contribution in [0.2, 0.25) is 0 Å². The molecule has 0 atom stereocenters. The maximum absolute atomic E-state index is 13.4. The van der Waals surface area contributed by atoms with Gasteiger partial charge in [0, 0.05) is 11.6 Å². The molecular weight excluding hydrogens is 298 g/mol. The van der Waals surface area contributed by atoms with E-state index in [0.29, 0.717) is 18.2 Å². The van der Waals surface area contributed by atoms with Gasteiger partial charge in [0.25, 0.3) is 0 Å². The normalized spacial score (nSPS) is 11.5. The second-order valence-electron chi connectivity index (χ2n) is 4.15. The fourth-order valence-electron chi connectivity index (χ4n) is 1.71. The van der Waals surface area contributed by atoms with E-state index in [4.69, 9.17) is 0 Å². The summed E-state index contributed by atoms with van der Waals surface area (Å²) >= 11 is 0. The Bertz CT molecular complexity index is 705. The molecule has 0 aliphatic heterocycles. The lowest BCUT2D eigenvalue weighted by Gasteiger charge is -2.10. The number of ketones is 1. The number of carbonyl (C=O) groups is 1. The maximum Gasteiger partial charge on any atom is 0.419 e. The van der Waals surface area contributed by atoms with Crippen LogP contribution in [0.3, 0.4) is 0 Å². The minimum Gasteiger partial charge on any atom is -0.288 e. The van der Waals surface area contributed by atoms with E-state index in [1.807, 2.05) is 0 Å². The molecule has 0 N–H and O–H groups in total. The van der Waals surface area contributed by atoms with Gasteiger partial charge in [0.05, 0.1) is 11.1 Å². The van der Waals surface area contributed by atoms with E-state index in [1.165, 1.54) is 0 Å². The van der Waals surface area contributed by atoms with Gasteiger partial charge in [0.2, 0.25) is 0 Å². The third-order valence-corrected chi connectivity index (χ3v) is 2.71. The van der Waals surface area contributed by atoms with Gasteiger partial charge in [-0.05, 0) is 30.3 Å². The van der Waals surface area contributed by atoms with Gasteiger partial charge in [-0.1, -0.05) is 0 Å². The SMILES string of the molecule is O=C(c1ccc(F)c(C(F)(F)F)c1)c1ccc(F)cc1F. The molecule has 7 heteroatoms. The van der Waals surface area contributed by atoms with Crippen molar-refractivity contribution in [2.75, 3.05) is 0 Å². The zero-order chi connectivity index (χ0) is 15.8. The molecule has 0 fully saturated rings. The highest BCUT2D eigenvalue weighted by Crippen LogP contribution is 2.32. The first-order valence-corrected chi connectivity index (χ1v) is 5.56. The van der Waals surface area contributed by atoms with Crippen LogP contribution in [0.25, 0.3) is 0 Å². The third kappa shape index (κ3) is 3.07. The van der Waals surface area contributed by atoms with Gasteiger partial charge < -0.3 is 0 Å². The van der Waals surface area contributed by atoms with Crippen LogP contribution in [-0.2, 0) is 6.18 Å². The Kier molecular flexibility index (Phi) is 3.76. The molecule has 0 saturated carbocycles. The van der Waals surface area contributed by atoms with Crippen LogP contribution in [-0.4, -0.2) is 5.78 Å². The Labute approximate surface area is 114 Å². The minimum atomic E-state index is -4.98. The van der Waals surface area contributed by atoms with E-state index < -0.39 is 46.1 Å². The molecule has 0 bridgehead atoms. The van der Waals surface area contributed by atoms with Crippen LogP contribution < -0.4 is 0 Å². The Hall–Kier alpha value is -2.31. The summed E-state index contributed by atoms with van der Waals surface area (Å²) in [5.41, 5.74) is -2.78. The van der Waals surface area contributed by atoms with E-state index in [1.54, 1.807) is 0 Å². The van der Waals surface area contributed by atoms with Crippen LogP contribution in [0.1, 0.15) is 21.5 Å². The molecule has 0 spiro atoms. The maximum atomic E-state index is 13.4. The first-order valence-electron chi connectivity index (χ1n) is 5.56. The highest BCUT2D eigenvalue weighted by molar-refractivity contribution is 6.09. The van der Waals surface area contributed by atoms with Crippen LogP contribution in [0.4, 0.5) is 26.3 Å². The van der Waals surface area contributed by atoms with Gasteiger partial charge in [0.15, 0.2) is 5.78 Å². The van der Waals surface area contributed by atoms with E-state index in [-0.39, 0.29) is 0 Å². The molecule has 2 aromatic carbocycles. The third-order valence-electron chi connectivity index (χ3n) is 2.71. The second kappa shape index (κ2) is 5.23. The molecular formula is C14H6F6O. The molecule has 0 aliphatic carbocycles. The van der Waals surface area contributed by atoms with Crippen molar-refractivity contribution in [2.24, 2.45) is 0 Å². The quantitative estimate of drug-likeness (QED) is 0.595. The number of alkyl halides is 3. The van der Waals surface area contributed by atoms with Gasteiger partial charge in [-0.2, -0.15) is 13.2 Å².